The van der Waals surface area contributed by atoms with E-state index in [0.717, 1.165) is 19.8 Å². The van der Waals surface area contributed by atoms with Gasteiger partial charge in [0.2, 0.25) is 0 Å². The third kappa shape index (κ3) is 5.22. The van der Waals surface area contributed by atoms with Gasteiger partial charge in [0.05, 0.1) is 6.67 Å². The quantitative estimate of drug-likeness (QED) is 0.682. The molecule has 0 spiro atoms. The summed E-state index contributed by atoms with van der Waals surface area (Å²) in [5.74, 6) is 1.35. The van der Waals surface area contributed by atoms with Crippen LogP contribution in [0.15, 0.2) is 11.1 Å². The summed E-state index contributed by atoms with van der Waals surface area (Å²) in [6, 6.07) is 0. The zero-order valence-corrected chi connectivity index (χ0v) is 13.2. The molecular formula is C15H32N2. The minimum atomic E-state index is 0.677. The Morgan fingerprint density at radius 3 is 1.29 bits per heavy atom. The first-order valence-corrected chi connectivity index (χ1v) is 7.00. The first kappa shape index (κ1) is 16.7. The molecule has 0 amide bonds. The molecule has 0 unspecified atom stereocenters. The molecule has 0 aliphatic carbocycles. The maximum atomic E-state index is 2.41. The molecule has 0 N–H and O–H groups in total. The van der Waals surface area contributed by atoms with E-state index in [1.54, 1.807) is 11.1 Å². The van der Waals surface area contributed by atoms with Crippen LogP contribution in [0.5, 0.6) is 0 Å². The fourth-order valence-electron chi connectivity index (χ4n) is 2.40. The van der Waals surface area contributed by atoms with Crippen molar-refractivity contribution in [2.75, 3.05) is 33.9 Å². The average Bonchev–Trinajstić information content (AvgIpc) is 2.39. The summed E-state index contributed by atoms with van der Waals surface area (Å²) >= 11 is 0. The lowest BCUT2D eigenvalue weighted by atomic mass is 9.90. The van der Waals surface area contributed by atoms with E-state index >= 15 is 0 Å². The topological polar surface area (TPSA) is 6.48 Å². The monoisotopic (exact) mass is 240 g/mol. The second kappa shape index (κ2) is 7.88. The molecule has 0 saturated heterocycles. The van der Waals surface area contributed by atoms with Gasteiger partial charge in [0.15, 0.2) is 0 Å². The molecule has 0 bridgehead atoms. The first-order chi connectivity index (χ1) is 7.91. The van der Waals surface area contributed by atoms with Crippen LogP contribution in [-0.4, -0.2) is 43.7 Å². The molecule has 2 nitrogen and oxygen atoms in total. The van der Waals surface area contributed by atoms with Gasteiger partial charge in [0, 0.05) is 13.1 Å². The van der Waals surface area contributed by atoms with Crippen LogP contribution in [0, 0.1) is 11.8 Å². The summed E-state index contributed by atoms with van der Waals surface area (Å²) < 4.78 is 0. The van der Waals surface area contributed by atoms with Crippen LogP contribution in [0.3, 0.4) is 0 Å². The Balaban J connectivity index is 0.00000121. The van der Waals surface area contributed by atoms with E-state index in [2.05, 4.69) is 51.6 Å². The Labute approximate surface area is 109 Å². The van der Waals surface area contributed by atoms with Crippen molar-refractivity contribution in [2.24, 2.45) is 11.8 Å². The molecule has 0 aromatic heterocycles. The summed E-state index contributed by atoms with van der Waals surface area (Å²) in [4.78, 5) is 4.81. The van der Waals surface area contributed by atoms with Crippen LogP contribution < -0.4 is 0 Å². The first-order valence-electron chi connectivity index (χ1n) is 7.00. The number of hydrogen-bond donors (Lipinski definition) is 0. The maximum absolute atomic E-state index is 2.41. The Morgan fingerprint density at radius 2 is 1.06 bits per heavy atom. The highest BCUT2D eigenvalue weighted by Crippen LogP contribution is 2.25. The average molecular weight is 240 g/mol. The zero-order chi connectivity index (χ0) is 13.6. The fraction of sp³-hybridized carbons (Fsp3) is 0.867. The van der Waals surface area contributed by atoms with E-state index < -0.39 is 0 Å². The highest BCUT2D eigenvalue weighted by Gasteiger charge is 2.20. The van der Waals surface area contributed by atoms with Gasteiger partial charge in [-0.2, -0.15) is 0 Å². The molecule has 17 heavy (non-hydrogen) atoms. The van der Waals surface area contributed by atoms with Crippen molar-refractivity contribution in [2.45, 2.75) is 41.5 Å². The van der Waals surface area contributed by atoms with Gasteiger partial charge in [-0.15, -0.1) is 0 Å². The summed E-state index contributed by atoms with van der Waals surface area (Å²) in [6.45, 7) is 16.6. The van der Waals surface area contributed by atoms with E-state index in [0.29, 0.717) is 11.8 Å². The van der Waals surface area contributed by atoms with Crippen LogP contribution in [0.4, 0.5) is 0 Å². The lowest BCUT2D eigenvalue weighted by Gasteiger charge is -2.21. The zero-order valence-electron chi connectivity index (χ0n) is 13.2. The molecule has 1 aliphatic heterocycles. The molecule has 0 radical (unpaired) electrons. The Kier molecular flexibility index (Phi) is 7.73. The standard InChI is InChI=1S/C13H26N2.C2H6/c1-10(2)12-7-14(5)9-15(6)8-13(12)11(3)4;1-2/h10-11H,7-9H2,1-6H3;1-2H3. The molecule has 0 aromatic carbocycles. The van der Waals surface area contributed by atoms with Gasteiger partial charge in [-0.05, 0) is 25.9 Å². The number of likely N-dealkylation sites (N-methyl/N-ethyl adjacent to an activating group) is 2. The Hall–Kier alpha value is -0.340. The van der Waals surface area contributed by atoms with Crippen molar-refractivity contribution in [3.05, 3.63) is 11.1 Å². The van der Waals surface area contributed by atoms with E-state index in [9.17, 15) is 0 Å². The van der Waals surface area contributed by atoms with Crippen molar-refractivity contribution in [1.29, 1.82) is 0 Å². The maximum Gasteiger partial charge on any atom is 0.0506 e. The van der Waals surface area contributed by atoms with E-state index in [1.165, 1.54) is 0 Å². The highest BCUT2D eigenvalue weighted by atomic mass is 15.3. The van der Waals surface area contributed by atoms with Gasteiger partial charge in [0.1, 0.15) is 0 Å². The van der Waals surface area contributed by atoms with Gasteiger partial charge < -0.3 is 0 Å². The van der Waals surface area contributed by atoms with E-state index in [1.807, 2.05) is 13.8 Å². The molecule has 102 valence electrons. The molecule has 0 saturated carbocycles. The molecular weight excluding hydrogens is 208 g/mol. The fourth-order valence-corrected chi connectivity index (χ4v) is 2.40. The lowest BCUT2D eigenvalue weighted by Crippen LogP contribution is -2.32. The number of hydrogen-bond acceptors (Lipinski definition) is 2. The molecule has 0 atom stereocenters. The largest absolute Gasteiger partial charge is 0.290 e. The third-order valence-corrected chi connectivity index (χ3v) is 3.17. The normalized spacial score (nSPS) is 19.4. The van der Waals surface area contributed by atoms with Crippen LogP contribution in [0.25, 0.3) is 0 Å². The molecule has 0 fully saturated rings. The predicted molar refractivity (Wildman–Crippen MR) is 78.2 cm³/mol. The summed E-state index contributed by atoms with van der Waals surface area (Å²) in [5, 5.41) is 0. The van der Waals surface area contributed by atoms with Crippen LogP contribution in [0.2, 0.25) is 0 Å². The summed E-state index contributed by atoms with van der Waals surface area (Å²) in [7, 11) is 4.42. The van der Waals surface area contributed by atoms with Crippen LogP contribution in [-0.2, 0) is 0 Å². The second-order valence-corrected chi connectivity index (χ2v) is 5.53. The van der Waals surface area contributed by atoms with Crippen molar-refractivity contribution in [1.82, 2.24) is 9.80 Å². The minimum Gasteiger partial charge on any atom is -0.290 e. The summed E-state index contributed by atoms with van der Waals surface area (Å²) in [5.41, 5.74) is 3.30. The van der Waals surface area contributed by atoms with Gasteiger partial charge in [-0.1, -0.05) is 52.7 Å². The number of nitrogens with zero attached hydrogens (tertiary/aromatic N) is 2. The molecule has 1 heterocycles. The summed E-state index contributed by atoms with van der Waals surface area (Å²) in [6.07, 6.45) is 0. The van der Waals surface area contributed by atoms with E-state index in [-0.39, 0.29) is 0 Å². The van der Waals surface area contributed by atoms with Crippen molar-refractivity contribution >= 4 is 0 Å². The predicted octanol–water partition coefficient (Wildman–Crippen LogP) is 3.46. The van der Waals surface area contributed by atoms with Gasteiger partial charge in [-0.3, -0.25) is 9.80 Å². The van der Waals surface area contributed by atoms with Crippen LogP contribution in [0.1, 0.15) is 41.5 Å². The molecule has 1 rings (SSSR count). The molecule has 1 aliphatic rings. The highest BCUT2D eigenvalue weighted by molar-refractivity contribution is 5.22. The van der Waals surface area contributed by atoms with E-state index in [4.69, 9.17) is 0 Å². The number of rotatable bonds is 2. The van der Waals surface area contributed by atoms with Gasteiger partial charge in [-0.25, -0.2) is 0 Å². The SMILES string of the molecule is CC.CC(C)C1=C(C(C)C)CN(C)CN(C)C1. The Morgan fingerprint density at radius 1 is 0.765 bits per heavy atom. The van der Waals surface area contributed by atoms with Crippen molar-refractivity contribution in [3.63, 3.8) is 0 Å². The lowest BCUT2D eigenvalue weighted by molar-refractivity contribution is 0.212. The van der Waals surface area contributed by atoms with Crippen molar-refractivity contribution in [3.8, 4) is 0 Å². The van der Waals surface area contributed by atoms with Gasteiger partial charge >= 0.3 is 0 Å². The second-order valence-electron chi connectivity index (χ2n) is 5.53. The van der Waals surface area contributed by atoms with Gasteiger partial charge in [0.25, 0.3) is 0 Å². The van der Waals surface area contributed by atoms with Crippen molar-refractivity contribution < 1.29 is 0 Å². The smallest absolute Gasteiger partial charge is 0.0506 e. The molecule has 2 heteroatoms. The molecule has 0 aromatic rings. The Bertz CT molecular complexity index is 217. The van der Waals surface area contributed by atoms with Crippen LogP contribution >= 0.6 is 0 Å². The third-order valence-electron chi connectivity index (χ3n) is 3.17. The minimum absolute atomic E-state index is 0.677.